The second-order valence-corrected chi connectivity index (χ2v) is 5.70. The molecule has 2 aromatic rings. The van der Waals surface area contributed by atoms with Gasteiger partial charge in [0.2, 0.25) is 0 Å². The lowest BCUT2D eigenvalue weighted by Crippen LogP contribution is -2.24. The second kappa shape index (κ2) is 9.64. The van der Waals surface area contributed by atoms with E-state index < -0.39 is 0 Å². The number of hydrogen-bond donors (Lipinski definition) is 2. The Morgan fingerprint density at radius 2 is 1.80 bits per heavy atom. The molecule has 2 rings (SSSR count). The van der Waals surface area contributed by atoms with Crippen LogP contribution in [0.4, 0.5) is 11.4 Å². The van der Waals surface area contributed by atoms with Gasteiger partial charge in [-0.05, 0) is 55.9 Å². The number of nitrogens with zero attached hydrogens (tertiary/aromatic N) is 2. The molecule has 0 aliphatic carbocycles. The fourth-order valence-corrected chi connectivity index (χ4v) is 2.59. The van der Waals surface area contributed by atoms with E-state index in [1.807, 2.05) is 36.4 Å². The van der Waals surface area contributed by atoms with Crippen LogP contribution in [0.2, 0.25) is 0 Å². The van der Waals surface area contributed by atoms with E-state index >= 15 is 0 Å². The number of rotatable bonds is 7. The zero-order valence-corrected chi connectivity index (χ0v) is 15.6. The van der Waals surface area contributed by atoms with Crippen molar-refractivity contribution in [1.29, 1.82) is 0 Å². The van der Waals surface area contributed by atoms with Gasteiger partial charge in [0.15, 0.2) is 5.11 Å². The van der Waals surface area contributed by atoms with Crippen molar-refractivity contribution in [3.8, 4) is 5.75 Å². The third-order valence-corrected chi connectivity index (χ3v) is 3.95. The summed E-state index contributed by atoms with van der Waals surface area (Å²) in [5.41, 5.74) is 5.82. The summed E-state index contributed by atoms with van der Waals surface area (Å²) in [6, 6.07) is 15.8. The largest absolute Gasteiger partial charge is 0.495 e. The minimum atomic E-state index is 0.403. The molecular weight excluding hydrogens is 332 g/mol. The molecule has 6 heteroatoms. The molecule has 0 heterocycles. The highest BCUT2D eigenvalue weighted by Gasteiger charge is 2.03. The minimum Gasteiger partial charge on any atom is -0.495 e. The fourth-order valence-electron chi connectivity index (χ4n) is 2.42. The van der Waals surface area contributed by atoms with Crippen LogP contribution in [-0.2, 0) is 0 Å². The van der Waals surface area contributed by atoms with Crippen LogP contribution < -0.4 is 20.4 Å². The molecule has 0 aliphatic heterocycles. The van der Waals surface area contributed by atoms with Crippen molar-refractivity contribution >= 4 is 34.9 Å². The van der Waals surface area contributed by atoms with Gasteiger partial charge in [0.1, 0.15) is 5.75 Å². The summed E-state index contributed by atoms with van der Waals surface area (Å²) in [4.78, 5) is 2.30. The summed E-state index contributed by atoms with van der Waals surface area (Å²) in [6.07, 6.45) is 1.74. The number of ether oxygens (including phenoxy) is 1. The van der Waals surface area contributed by atoms with Crippen molar-refractivity contribution in [2.45, 2.75) is 13.8 Å². The van der Waals surface area contributed by atoms with Gasteiger partial charge in [0, 0.05) is 18.8 Å². The minimum absolute atomic E-state index is 0.403. The molecule has 0 spiro atoms. The Hall–Kier alpha value is -2.60. The number of nitrogens with one attached hydrogen (secondary N) is 2. The maximum atomic E-state index is 5.28. The molecule has 0 radical (unpaired) electrons. The molecule has 25 heavy (non-hydrogen) atoms. The molecule has 132 valence electrons. The zero-order valence-electron chi connectivity index (χ0n) is 14.8. The SMILES string of the molecule is CCN(CC)c1ccc(C=NNC(=S)Nc2ccccc2OC)cc1. The van der Waals surface area contributed by atoms with Crippen LogP contribution in [0.1, 0.15) is 19.4 Å². The monoisotopic (exact) mass is 356 g/mol. The normalized spacial score (nSPS) is 10.5. The molecule has 0 amide bonds. The predicted molar refractivity (Wildman–Crippen MR) is 110 cm³/mol. The summed E-state index contributed by atoms with van der Waals surface area (Å²) in [6.45, 7) is 6.29. The van der Waals surface area contributed by atoms with Gasteiger partial charge < -0.3 is 15.0 Å². The third-order valence-electron chi connectivity index (χ3n) is 3.76. The lowest BCUT2D eigenvalue weighted by molar-refractivity contribution is 0.417. The van der Waals surface area contributed by atoms with E-state index in [2.05, 4.69) is 46.7 Å². The van der Waals surface area contributed by atoms with Crippen LogP contribution in [0, 0.1) is 0 Å². The van der Waals surface area contributed by atoms with Crippen LogP contribution in [-0.4, -0.2) is 31.5 Å². The van der Waals surface area contributed by atoms with E-state index in [1.165, 1.54) is 5.69 Å². The van der Waals surface area contributed by atoms with Gasteiger partial charge in [0.25, 0.3) is 0 Å². The van der Waals surface area contributed by atoms with Crippen LogP contribution in [0.3, 0.4) is 0 Å². The van der Waals surface area contributed by atoms with Crippen molar-refractivity contribution in [1.82, 2.24) is 5.43 Å². The molecule has 5 nitrogen and oxygen atoms in total. The fraction of sp³-hybridized carbons (Fsp3) is 0.263. The van der Waals surface area contributed by atoms with Crippen molar-refractivity contribution in [3.63, 3.8) is 0 Å². The average Bonchev–Trinajstić information content (AvgIpc) is 2.64. The van der Waals surface area contributed by atoms with E-state index in [0.717, 1.165) is 30.1 Å². The molecule has 0 saturated carbocycles. The molecule has 0 aromatic heterocycles. The van der Waals surface area contributed by atoms with E-state index in [0.29, 0.717) is 5.11 Å². The van der Waals surface area contributed by atoms with Gasteiger partial charge >= 0.3 is 0 Å². The molecule has 0 bridgehead atoms. The van der Waals surface area contributed by atoms with Gasteiger partial charge in [-0.2, -0.15) is 5.10 Å². The number of methoxy groups -OCH3 is 1. The van der Waals surface area contributed by atoms with E-state index in [-0.39, 0.29) is 0 Å². The highest BCUT2D eigenvalue weighted by Crippen LogP contribution is 2.22. The number of para-hydroxylation sites is 2. The van der Waals surface area contributed by atoms with Crippen LogP contribution in [0.5, 0.6) is 5.75 Å². The summed E-state index contributed by atoms with van der Waals surface area (Å²) >= 11 is 5.25. The number of hydrogen-bond acceptors (Lipinski definition) is 4. The quantitative estimate of drug-likeness (QED) is 0.448. The molecule has 0 atom stereocenters. The number of benzene rings is 2. The molecule has 2 aromatic carbocycles. The van der Waals surface area contributed by atoms with Crippen molar-refractivity contribution in [3.05, 3.63) is 54.1 Å². The van der Waals surface area contributed by atoms with Gasteiger partial charge in [-0.25, -0.2) is 0 Å². The Kier molecular flexibility index (Phi) is 7.22. The molecular formula is C19H24N4OS. The Morgan fingerprint density at radius 3 is 2.44 bits per heavy atom. The van der Waals surface area contributed by atoms with Gasteiger partial charge in [-0.3, -0.25) is 5.43 Å². The first-order valence-corrected chi connectivity index (χ1v) is 8.66. The maximum Gasteiger partial charge on any atom is 0.191 e. The van der Waals surface area contributed by atoms with Crippen molar-refractivity contribution in [2.24, 2.45) is 5.10 Å². The Bertz CT molecular complexity index is 712. The molecule has 2 N–H and O–H groups in total. The third kappa shape index (κ3) is 5.46. The molecule has 0 aliphatic rings. The van der Waals surface area contributed by atoms with E-state index in [9.17, 15) is 0 Å². The van der Waals surface area contributed by atoms with Crippen molar-refractivity contribution < 1.29 is 4.74 Å². The Labute approximate surface area is 154 Å². The Morgan fingerprint density at radius 1 is 1.12 bits per heavy atom. The lowest BCUT2D eigenvalue weighted by atomic mass is 10.2. The molecule has 0 unspecified atom stereocenters. The van der Waals surface area contributed by atoms with Gasteiger partial charge in [-0.15, -0.1) is 0 Å². The first-order valence-electron chi connectivity index (χ1n) is 8.26. The van der Waals surface area contributed by atoms with Gasteiger partial charge in [0.05, 0.1) is 19.0 Å². The number of hydrazone groups is 1. The number of anilines is 2. The molecule has 0 fully saturated rings. The summed E-state index contributed by atoms with van der Waals surface area (Å²) in [7, 11) is 1.62. The molecule has 0 saturated heterocycles. The smallest absolute Gasteiger partial charge is 0.191 e. The lowest BCUT2D eigenvalue weighted by Gasteiger charge is -2.20. The summed E-state index contributed by atoms with van der Waals surface area (Å²) < 4.78 is 5.28. The average molecular weight is 356 g/mol. The summed E-state index contributed by atoms with van der Waals surface area (Å²) in [5, 5.41) is 7.64. The number of thiocarbonyl (C=S) groups is 1. The van der Waals surface area contributed by atoms with Crippen LogP contribution in [0.25, 0.3) is 0 Å². The topological polar surface area (TPSA) is 48.9 Å². The van der Waals surface area contributed by atoms with E-state index in [1.54, 1.807) is 13.3 Å². The van der Waals surface area contributed by atoms with Crippen LogP contribution in [0.15, 0.2) is 53.6 Å². The highest BCUT2D eigenvalue weighted by molar-refractivity contribution is 7.80. The van der Waals surface area contributed by atoms with Crippen molar-refractivity contribution in [2.75, 3.05) is 30.4 Å². The highest BCUT2D eigenvalue weighted by atomic mass is 32.1. The second-order valence-electron chi connectivity index (χ2n) is 5.29. The first kappa shape index (κ1) is 18.7. The van der Waals surface area contributed by atoms with Crippen LogP contribution >= 0.6 is 12.2 Å². The summed E-state index contributed by atoms with van der Waals surface area (Å²) in [5.74, 6) is 0.725. The van der Waals surface area contributed by atoms with E-state index in [4.69, 9.17) is 17.0 Å². The Balaban J connectivity index is 1.91. The van der Waals surface area contributed by atoms with Gasteiger partial charge in [-0.1, -0.05) is 24.3 Å². The zero-order chi connectivity index (χ0) is 18.1. The predicted octanol–water partition coefficient (Wildman–Crippen LogP) is 3.86. The first-order chi connectivity index (χ1) is 12.2. The maximum absolute atomic E-state index is 5.28. The standard InChI is InChI=1S/C19H24N4OS/c1-4-23(5-2)16-12-10-15(11-13-16)14-20-22-19(25)21-17-8-6-7-9-18(17)24-3/h6-14H,4-5H2,1-3H3,(H2,21,22,25).